The van der Waals surface area contributed by atoms with Crippen molar-refractivity contribution in [3.05, 3.63) is 98.7 Å². The number of thiophene rings is 2. The van der Waals surface area contributed by atoms with E-state index in [4.69, 9.17) is 0 Å². The van der Waals surface area contributed by atoms with E-state index >= 15 is 0 Å². The highest BCUT2D eigenvalue weighted by molar-refractivity contribution is 7.16. The lowest BCUT2D eigenvalue weighted by Crippen LogP contribution is -2.20. The van der Waals surface area contributed by atoms with E-state index < -0.39 is 0 Å². The second-order valence-electron chi connectivity index (χ2n) is 6.72. The fourth-order valence-electron chi connectivity index (χ4n) is 3.23. The second-order valence-corrected chi connectivity index (χ2v) is 8.92. The fourth-order valence-corrected chi connectivity index (χ4v) is 5.11. The van der Waals surface area contributed by atoms with Crippen LogP contribution >= 0.6 is 22.7 Å². The van der Waals surface area contributed by atoms with E-state index in [1.807, 2.05) is 54.7 Å². The molecule has 0 radical (unpaired) electrons. The molecule has 4 rings (SSSR count). The summed E-state index contributed by atoms with van der Waals surface area (Å²) >= 11 is 3.33. The van der Waals surface area contributed by atoms with Gasteiger partial charge in [0.15, 0.2) is 6.04 Å². The molecule has 1 aromatic carbocycles. The van der Waals surface area contributed by atoms with Gasteiger partial charge in [-0.05, 0) is 49.1 Å². The highest BCUT2D eigenvalue weighted by Gasteiger charge is 2.28. The van der Waals surface area contributed by atoms with Gasteiger partial charge in [-0.3, -0.25) is 10.1 Å². The highest BCUT2D eigenvalue weighted by Crippen LogP contribution is 2.41. The van der Waals surface area contributed by atoms with Crippen LogP contribution in [0.2, 0.25) is 0 Å². The Labute approximate surface area is 178 Å². The Morgan fingerprint density at radius 1 is 1.00 bits per heavy atom. The van der Waals surface area contributed by atoms with Crippen LogP contribution in [0, 0.1) is 13.8 Å². The number of amides is 1. The van der Waals surface area contributed by atoms with Gasteiger partial charge in [0.05, 0.1) is 11.1 Å². The first kappa shape index (κ1) is 19.4. The number of pyridine rings is 1. The van der Waals surface area contributed by atoms with Crippen LogP contribution in [-0.2, 0) is 0 Å². The largest absolute Gasteiger partial charge is 0.313 e. The lowest BCUT2D eigenvalue weighted by molar-refractivity contribution is -0.361. The summed E-state index contributed by atoms with van der Waals surface area (Å²) in [6.07, 6.45) is 1.90. The standard InChI is InChI=1S/C23H21N3OS2/c1-15-16(2)29-23(26-22(27)17-9-4-3-5-10-17)20(15)21(18-11-8-14-28-18)25-19-12-6-7-13-24-19/h3-14,21H,1-2H3,(H,24,25)(H,26,27)/p+1/t21-/m0/s1. The fraction of sp³-hybridized carbons (Fsp3) is 0.130. The summed E-state index contributed by atoms with van der Waals surface area (Å²) in [5.74, 6) is 0.832. The van der Waals surface area contributed by atoms with Crippen LogP contribution in [0.5, 0.6) is 0 Å². The van der Waals surface area contributed by atoms with Crippen LogP contribution in [0.1, 0.15) is 37.3 Å². The molecular formula is C23H22N3OS2+. The van der Waals surface area contributed by atoms with Crippen molar-refractivity contribution in [3.8, 4) is 0 Å². The minimum absolute atomic E-state index is 0.0651. The molecule has 0 saturated heterocycles. The Bertz CT molecular complexity index is 1090. The lowest BCUT2D eigenvalue weighted by atomic mass is 10.0. The van der Waals surface area contributed by atoms with Crippen molar-refractivity contribution in [1.29, 1.82) is 0 Å². The molecule has 0 aliphatic rings. The number of H-pyrrole nitrogens is 1. The summed E-state index contributed by atoms with van der Waals surface area (Å²) in [5.41, 5.74) is 2.95. The lowest BCUT2D eigenvalue weighted by Gasteiger charge is -2.16. The smallest absolute Gasteiger partial charge is 0.272 e. The number of hydrogen-bond donors (Lipinski definition) is 2. The Morgan fingerprint density at radius 3 is 2.48 bits per heavy atom. The number of benzene rings is 1. The predicted molar refractivity (Wildman–Crippen MR) is 121 cm³/mol. The molecule has 3 N–H and O–H groups in total. The third kappa shape index (κ3) is 4.23. The van der Waals surface area contributed by atoms with Gasteiger partial charge in [-0.1, -0.05) is 30.3 Å². The molecule has 0 bridgehead atoms. The average Bonchev–Trinajstić information content (AvgIpc) is 3.37. The molecular weight excluding hydrogens is 398 g/mol. The zero-order chi connectivity index (χ0) is 20.2. The number of nitrogens with one attached hydrogen (secondary N) is 3. The predicted octanol–water partition coefficient (Wildman–Crippen LogP) is 5.69. The Kier molecular flexibility index (Phi) is 5.74. The minimum Gasteiger partial charge on any atom is -0.313 e. The molecule has 0 fully saturated rings. The molecule has 3 aromatic heterocycles. The molecule has 146 valence electrons. The van der Waals surface area contributed by atoms with Gasteiger partial charge < -0.3 is 5.32 Å². The van der Waals surface area contributed by atoms with E-state index in [2.05, 4.69) is 47.0 Å². The van der Waals surface area contributed by atoms with Crippen molar-refractivity contribution in [3.63, 3.8) is 0 Å². The summed E-state index contributed by atoms with van der Waals surface area (Å²) in [5, 5.41) is 9.73. The van der Waals surface area contributed by atoms with E-state index in [1.165, 1.54) is 15.3 Å². The number of aromatic amines is 1. The maximum absolute atomic E-state index is 12.8. The Hall–Kier alpha value is -2.96. The molecule has 0 aliphatic carbocycles. The first-order valence-electron chi connectivity index (χ1n) is 9.36. The van der Waals surface area contributed by atoms with Crippen LogP contribution in [0.25, 0.3) is 0 Å². The van der Waals surface area contributed by atoms with Crippen molar-refractivity contribution in [2.75, 3.05) is 10.6 Å². The molecule has 0 unspecified atom stereocenters. The maximum Gasteiger partial charge on any atom is 0.272 e. The summed E-state index contributed by atoms with van der Waals surface area (Å²) < 4.78 is 0. The molecule has 0 saturated carbocycles. The van der Waals surface area contributed by atoms with Gasteiger partial charge in [-0.2, -0.15) is 0 Å². The third-order valence-electron chi connectivity index (χ3n) is 4.82. The monoisotopic (exact) mass is 420 g/mol. The number of rotatable bonds is 6. The number of aryl methyl sites for hydroxylation is 1. The first-order chi connectivity index (χ1) is 14.1. The Balaban J connectivity index is 1.73. The van der Waals surface area contributed by atoms with Gasteiger partial charge in [0.1, 0.15) is 5.00 Å². The first-order valence-corrected chi connectivity index (χ1v) is 11.1. The van der Waals surface area contributed by atoms with Crippen molar-refractivity contribution in [1.82, 2.24) is 0 Å². The van der Waals surface area contributed by atoms with Crippen LogP contribution in [0.15, 0.2) is 72.2 Å². The van der Waals surface area contributed by atoms with E-state index in [9.17, 15) is 4.79 Å². The molecule has 4 nitrogen and oxygen atoms in total. The SMILES string of the molecule is Cc1sc(NC(=O)c2ccccc2)c([C@@H](Nc2cccc[nH+]2)c2cccs2)c1C. The van der Waals surface area contributed by atoms with Gasteiger partial charge >= 0.3 is 0 Å². The number of hydrogen-bond acceptors (Lipinski definition) is 4. The topological polar surface area (TPSA) is 55.3 Å². The zero-order valence-electron chi connectivity index (χ0n) is 16.2. The summed E-state index contributed by atoms with van der Waals surface area (Å²) in [4.78, 5) is 18.5. The van der Waals surface area contributed by atoms with Gasteiger partial charge in [0.2, 0.25) is 0 Å². The van der Waals surface area contributed by atoms with E-state index in [0.29, 0.717) is 5.56 Å². The summed E-state index contributed by atoms with van der Waals surface area (Å²) in [6.45, 7) is 4.22. The molecule has 4 aromatic rings. The number of aromatic nitrogens is 1. The van der Waals surface area contributed by atoms with Gasteiger partial charge in [-0.25, -0.2) is 4.98 Å². The van der Waals surface area contributed by atoms with Crippen molar-refractivity contribution < 1.29 is 9.78 Å². The van der Waals surface area contributed by atoms with Crippen molar-refractivity contribution in [2.24, 2.45) is 0 Å². The molecule has 0 aliphatic heterocycles. The van der Waals surface area contributed by atoms with Crippen molar-refractivity contribution >= 4 is 39.4 Å². The quantitative estimate of drug-likeness (QED) is 0.421. The number of carbonyl (C=O) groups excluding carboxylic acids is 1. The van der Waals surface area contributed by atoms with Crippen LogP contribution < -0.4 is 15.6 Å². The van der Waals surface area contributed by atoms with Crippen LogP contribution in [0.4, 0.5) is 10.8 Å². The van der Waals surface area contributed by atoms with Gasteiger partial charge in [-0.15, -0.1) is 22.7 Å². The zero-order valence-corrected chi connectivity index (χ0v) is 17.9. The van der Waals surface area contributed by atoms with Crippen molar-refractivity contribution in [2.45, 2.75) is 19.9 Å². The van der Waals surface area contributed by atoms with E-state index in [-0.39, 0.29) is 11.9 Å². The second kappa shape index (κ2) is 8.59. The number of anilines is 2. The normalized spacial score (nSPS) is 11.8. The number of carbonyl (C=O) groups is 1. The van der Waals surface area contributed by atoms with Gasteiger partial charge in [0.25, 0.3) is 11.7 Å². The molecule has 29 heavy (non-hydrogen) atoms. The summed E-state index contributed by atoms with van der Waals surface area (Å²) in [7, 11) is 0. The van der Waals surface area contributed by atoms with Crippen LogP contribution in [0.3, 0.4) is 0 Å². The Morgan fingerprint density at radius 2 is 1.79 bits per heavy atom. The molecule has 1 amide bonds. The average molecular weight is 421 g/mol. The van der Waals surface area contributed by atoms with E-state index in [1.54, 1.807) is 22.7 Å². The summed E-state index contributed by atoms with van der Waals surface area (Å²) in [6, 6.07) is 19.4. The minimum atomic E-state index is -0.0932. The molecule has 3 heterocycles. The van der Waals surface area contributed by atoms with Crippen LogP contribution in [-0.4, -0.2) is 5.91 Å². The molecule has 1 atom stereocenters. The molecule has 6 heteroatoms. The highest BCUT2D eigenvalue weighted by atomic mass is 32.1. The third-order valence-corrected chi connectivity index (χ3v) is 6.90. The maximum atomic E-state index is 12.8. The van der Waals surface area contributed by atoms with Gasteiger partial charge in [0, 0.05) is 22.1 Å². The van der Waals surface area contributed by atoms with E-state index in [0.717, 1.165) is 16.4 Å². The molecule has 0 spiro atoms.